The van der Waals surface area contributed by atoms with Gasteiger partial charge >= 0.3 is 0 Å². The summed E-state index contributed by atoms with van der Waals surface area (Å²) >= 11 is 6.53. The van der Waals surface area contributed by atoms with Crippen molar-refractivity contribution in [2.24, 2.45) is 15.8 Å². The smallest absolute Gasteiger partial charge is 0.217 e. The van der Waals surface area contributed by atoms with Crippen molar-refractivity contribution in [1.82, 2.24) is 15.0 Å². The second kappa shape index (κ2) is 9.04. The number of nitrogens with zero attached hydrogens (tertiary/aromatic N) is 7. The fraction of sp³-hybridized carbons (Fsp3) is 0.259. The van der Waals surface area contributed by atoms with E-state index in [4.69, 9.17) is 27.4 Å². The van der Waals surface area contributed by atoms with Gasteiger partial charge in [0.15, 0.2) is 12.0 Å². The summed E-state index contributed by atoms with van der Waals surface area (Å²) in [4.78, 5) is 23.0. The third-order valence-electron chi connectivity index (χ3n) is 6.29. The Labute approximate surface area is 215 Å². The highest BCUT2D eigenvalue weighted by molar-refractivity contribution is 6.65. The van der Waals surface area contributed by atoms with Crippen molar-refractivity contribution in [3.05, 3.63) is 71.0 Å². The van der Waals surface area contributed by atoms with Crippen molar-refractivity contribution >= 4 is 55.9 Å². The predicted molar refractivity (Wildman–Crippen MR) is 150 cm³/mol. The number of hydrazine groups is 1. The first-order valence-corrected chi connectivity index (χ1v) is 12.0. The zero-order valence-electron chi connectivity index (χ0n) is 21.3. The molecule has 0 bridgehead atoms. The number of fused-ring (bicyclic) bond motifs is 2. The van der Waals surface area contributed by atoms with Crippen molar-refractivity contribution in [3.8, 4) is 0 Å². The quantitative estimate of drug-likeness (QED) is 0.321. The Balaban J connectivity index is 1.63. The van der Waals surface area contributed by atoms with Gasteiger partial charge in [-0.1, -0.05) is 6.07 Å². The summed E-state index contributed by atoms with van der Waals surface area (Å²) in [5.74, 6) is 6.87. The standard InChI is InChI=1S/C27H29ClN8/c1-15-11-23(34(3)4)19-13-17(7-9-21(19)30-15)25-32-26(36(29)27(28)33-25)18-8-10-22-20(14-18)24(35(5)6)12-16(2)31-22/h7-14,26H,29H2,1-6H3. The number of hydrogen-bond donors (Lipinski definition) is 1. The lowest BCUT2D eigenvalue weighted by Gasteiger charge is -2.29. The van der Waals surface area contributed by atoms with Gasteiger partial charge in [-0.3, -0.25) is 15.0 Å². The van der Waals surface area contributed by atoms with Gasteiger partial charge in [0.25, 0.3) is 0 Å². The van der Waals surface area contributed by atoms with E-state index in [2.05, 4.69) is 44.0 Å². The molecule has 1 aliphatic rings. The fourth-order valence-corrected chi connectivity index (χ4v) is 4.73. The van der Waals surface area contributed by atoms with Crippen LogP contribution in [0.2, 0.25) is 0 Å². The maximum Gasteiger partial charge on any atom is 0.217 e. The van der Waals surface area contributed by atoms with E-state index in [-0.39, 0.29) is 5.29 Å². The summed E-state index contributed by atoms with van der Waals surface area (Å²) in [5, 5.41) is 3.61. The second-order valence-corrected chi connectivity index (χ2v) is 9.82. The number of aliphatic imine (C=N–C) groups is 2. The minimum Gasteiger partial charge on any atom is -0.377 e. The van der Waals surface area contributed by atoms with Crippen LogP contribution in [-0.4, -0.2) is 54.3 Å². The Kier molecular flexibility index (Phi) is 6.02. The first-order valence-electron chi connectivity index (χ1n) is 11.7. The summed E-state index contributed by atoms with van der Waals surface area (Å²) < 4.78 is 0. The maximum absolute atomic E-state index is 6.53. The molecule has 1 atom stereocenters. The molecule has 4 aromatic rings. The topological polar surface area (TPSA) is 86.2 Å². The van der Waals surface area contributed by atoms with Gasteiger partial charge in [-0.2, -0.15) is 4.99 Å². The van der Waals surface area contributed by atoms with E-state index in [1.807, 2.05) is 66.3 Å². The van der Waals surface area contributed by atoms with Gasteiger partial charge in [0.1, 0.15) is 0 Å². The molecule has 2 aromatic carbocycles. The normalized spacial score (nSPS) is 15.8. The van der Waals surface area contributed by atoms with Crippen molar-refractivity contribution in [3.63, 3.8) is 0 Å². The molecule has 1 unspecified atom stereocenters. The van der Waals surface area contributed by atoms with Crippen LogP contribution in [-0.2, 0) is 0 Å². The number of amidine groups is 2. The van der Waals surface area contributed by atoms with Crippen LogP contribution < -0.4 is 15.6 Å². The molecule has 9 heteroatoms. The number of aromatic nitrogens is 2. The molecular weight excluding hydrogens is 472 g/mol. The largest absolute Gasteiger partial charge is 0.377 e. The molecule has 0 saturated heterocycles. The summed E-state index contributed by atoms with van der Waals surface area (Å²) in [7, 11) is 8.09. The minimum atomic E-state index is -0.536. The van der Waals surface area contributed by atoms with E-state index in [1.54, 1.807) is 0 Å². The fourth-order valence-electron chi connectivity index (χ4n) is 4.56. The Morgan fingerprint density at radius 1 is 0.806 bits per heavy atom. The van der Waals surface area contributed by atoms with E-state index in [1.165, 1.54) is 5.01 Å². The molecule has 36 heavy (non-hydrogen) atoms. The molecule has 5 rings (SSSR count). The van der Waals surface area contributed by atoms with Crippen LogP contribution in [0, 0.1) is 13.8 Å². The molecule has 2 N–H and O–H groups in total. The van der Waals surface area contributed by atoms with Crippen LogP contribution >= 0.6 is 11.6 Å². The highest BCUT2D eigenvalue weighted by Gasteiger charge is 2.26. The van der Waals surface area contributed by atoms with Gasteiger partial charge in [0, 0.05) is 67.3 Å². The molecule has 2 aromatic heterocycles. The van der Waals surface area contributed by atoms with Crippen molar-refractivity contribution < 1.29 is 0 Å². The van der Waals surface area contributed by atoms with Crippen LogP contribution in [0.1, 0.15) is 28.7 Å². The van der Waals surface area contributed by atoms with E-state index >= 15 is 0 Å². The van der Waals surface area contributed by atoms with E-state index in [0.29, 0.717) is 5.84 Å². The van der Waals surface area contributed by atoms with Gasteiger partial charge in [0.05, 0.1) is 11.0 Å². The van der Waals surface area contributed by atoms with Crippen LogP contribution in [0.4, 0.5) is 11.4 Å². The number of anilines is 2. The highest BCUT2D eigenvalue weighted by atomic mass is 35.5. The molecular formula is C27H29ClN8. The molecule has 184 valence electrons. The van der Waals surface area contributed by atoms with Gasteiger partial charge in [-0.15, -0.1) is 0 Å². The van der Waals surface area contributed by atoms with Crippen LogP contribution in [0.15, 0.2) is 58.5 Å². The van der Waals surface area contributed by atoms with Crippen molar-refractivity contribution in [1.29, 1.82) is 0 Å². The number of pyridine rings is 2. The number of nitrogens with two attached hydrogens (primary N) is 1. The molecule has 1 aliphatic heterocycles. The summed E-state index contributed by atoms with van der Waals surface area (Å²) in [6, 6.07) is 16.2. The number of benzene rings is 2. The number of halogens is 1. The summed E-state index contributed by atoms with van der Waals surface area (Å²) in [6.07, 6.45) is -0.536. The van der Waals surface area contributed by atoms with Gasteiger partial charge in [0.2, 0.25) is 5.29 Å². The molecule has 3 heterocycles. The van der Waals surface area contributed by atoms with Crippen LogP contribution in [0.25, 0.3) is 21.8 Å². The Morgan fingerprint density at radius 3 is 1.94 bits per heavy atom. The minimum absolute atomic E-state index is 0.176. The highest BCUT2D eigenvalue weighted by Crippen LogP contribution is 2.33. The molecule has 0 spiro atoms. The monoisotopic (exact) mass is 500 g/mol. The Hall–Kier alpha value is -3.75. The van der Waals surface area contributed by atoms with Crippen molar-refractivity contribution in [2.45, 2.75) is 20.0 Å². The molecule has 0 fully saturated rings. The third-order valence-corrected chi connectivity index (χ3v) is 6.57. The zero-order valence-corrected chi connectivity index (χ0v) is 22.0. The number of hydrogen-bond acceptors (Lipinski definition) is 8. The molecule has 0 radical (unpaired) electrons. The van der Waals surface area contributed by atoms with Crippen LogP contribution in [0.3, 0.4) is 0 Å². The van der Waals surface area contributed by atoms with Gasteiger partial charge < -0.3 is 9.80 Å². The number of aryl methyl sites for hydroxylation is 2. The lowest BCUT2D eigenvalue weighted by atomic mass is 10.0. The first kappa shape index (κ1) is 24.0. The Morgan fingerprint density at radius 2 is 1.36 bits per heavy atom. The van der Waals surface area contributed by atoms with Crippen LogP contribution in [0.5, 0.6) is 0 Å². The van der Waals surface area contributed by atoms with Gasteiger partial charge in [-0.05, 0) is 73.5 Å². The zero-order chi connectivity index (χ0) is 25.7. The second-order valence-electron chi connectivity index (χ2n) is 9.48. The molecule has 0 aliphatic carbocycles. The van der Waals surface area contributed by atoms with E-state index in [0.717, 1.165) is 55.7 Å². The lowest BCUT2D eigenvalue weighted by molar-refractivity contribution is 0.338. The maximum atomic E-state index is 6.53. The van der Waals surface area contributed by atoms with Crippen molar-refractivity contribution in [2.75, 3.05) is 38.0 Å². The molecule has 8 nitrogen and oxygen atoms in total. The molecule has 0 saturated carbocycles. The Bertz CT molecular complexity index is 1560. The summed E-state index contributed by atoms with van der Waals surface area (Å²) in [5.41, 5.74) is 7.67. The third kappa shape index (κ3) is 4.23. The van der Waals surface area contributed by atoms with E-state index < -0.39 is 6.17 Å². The lowest BCUT2D eigenvalue weighted by Crippen LogP contribution is -2.40. The first-order chi connectivity index (χ1) is 17.1. The van der Waals surface area contributed by atoms with Gasteiger partial charge in [-0.25, -0.2) is 10.8 Å². The number of rotatable bonds is 4. The predicted octanol–water partition coefficient (Wildman–Crippen LogP) is 4.76. The SMILES string of the molecule is Cc1cc(N(C)C)c2cc(C3=NC(c4ccc5nc(C)cc(N(C)C)c5c4)N(N)C(Cl)=N3)ccc2n1. The average Bonchev–Trinajstić information content (AvgIpc) is 2.83. The average molecular weight is 501 g/mol. The van der Waals surface area contributed by atoms with E-state index in [9.17, 15) is 0 Å². The summed E-state index contributed by atoms with van der Waals surface area (Å²) in [6.45, 7) is 4.00. The molecule has 0 amide bonds.